The Morgan fingerprint density at radius 1 is 0.737 bits per heavy atom. The lowest BCUT2D eigenvalue weighted by atomic mass is 9.94. The SMILES string of the molecule is CC#Cc1ccc(OCCOCCOCCOCCOCCOCCO)c(C(=O)c2ccc(C(=O)N[C@@H]3CNC[C@H]3NC(=O)c3ccc4cn[nH]c4c3)cc2)c1C. The van der Waals surface area contributed by atoms with E-state index in [4.69, 9.17) is 33.5 Å². The van der Waals surface area contributed by atoms with E-state index >= 15 is 0 Å². The van der Waals surface area contributed by atoms with E-state index in [1.54, 1.807) is 55.6 Å². The van der Waals surface area contributed by atoms with Gasteiger partial charge in [0.1, 0.15) is 12.4 Å². The lowest BCUT2D eigenvalue weighted by Gasteiger charge is -2.21. The van der Waals surface area contributed by atoms with Crippen LogP contribution in [0, 0.1) is 18.8 Å². The molecule has 1 aliphatic heterocycles. The third-order valence-electron chi connectivity index (χ3n) is 9.08. The fraction of sp³-hybridized carbons (Fsp3) is 0.429. The molecule has 2 heterocycles. The van der Waals surface area contributed by atoms with E-state index in [1.807, 2.05) is 19.1 Å². The third kappa shape index (κ3) is 12.9. The number of rotatable bonds is 24. The molecule has 4 aromatic rings. The summed E-state index contributed by atoms with van der Waals surface area (Å²) in [5.41, 5.74) is 3.81. The highest BCUT2D eigenvalue weighted by molar-refractivity contribution is 6.12. The summed E-state index contributed by atoms with van der Waals surface area (Å²) in [5.74, 6) is 5.53. The van der Waals surface area contributed by atoms with Gasteiger partial charge in [0, 0.05) is 40.7 Å². The summed E-state index contributed by atoms with van der Waals surface area (Å²) in [6.45, 7) is 8.76. The normalized spacial score (nSPS) is 14.9. The number of aliphatic hydroxyl groups excluding tert-OH is 1. The highest BCUT2D eigenvalue weighted by Gasteiger charge is 2.30. The Kier molecular flexibility index (Phi) is 17.4. The molecule has 15 nitrogen and oxygen atoms in total. The van der Waals surface area contributed by atoms with E-state index in [2.05, 4.69) is 38.0 Å². The number of ketones is 1. The van der Waals surface area contributed by atoms with Crippen LogP contribution < -0.4 is 20.7 Å². The number of aromatic amines is 1. The smallest absolute Gasteiger partial charge is 0.251 e. The molecule has 2 amide bonds. The molecule has 1 aromatic heterocycles. The fourth-order valence-electron chi connectivity index (χ4n) is 6.10. The number of hydrogen-bond donors (Lipinski definition) is 5. The second kappa shape index (κ2) is 23.1. The fourth-order valence-corrected chi connectivity index (χ4v) is 6.10. The number of carbonyl (C=O) groups excluding carboxylic acids is 3. The number of hydrogen-bond acceptors (Lipinski definition) is 12. The van der Waals surface area contributed by atoms with E-state index in [-0.39, 0.29) is 49.5 Å². The third-order valence-corrected chi connectivity index (χ3v) is 9.08. The number of aliphatic hydroxyl groups is 1. The second-order valence-corrected chi connectivity index (χ2v) is 13.0. The van der Waals surface area contributed by atoms with Crippen LogP contribution in [0.25, 0.3) is 10.9 Å². The number of aromatic nitrogens is 2. The van der Waals surface area contributed by atoms with Gasteiger partial charge in [0.15, 0.2) is 5.78 Å². The first kappa shape index (κ1) is 43.0. The molecule has 3 aromatic carbocycles. The van der Waals surface area contributed by atoms with Crippen molar-refractivity contribution in [1.82, 2.24) is 26.1 Å². The summed E-state index contributed by atoms with van der Waals surface area (Å²) in [7, 11) is 0. The van der Waals surface area contributed by atoms with Crippen molar-refractivity contribution in [2.45, 2.75) is 25.9 Å². The van der Waals surface area contributed by atoms with Crippen LogP contribution in [0.2, 0.25) is 0 Å². The minimum atomic E-state index is -0.341. The van der Waals surface area contributed by atoms with Crippen LogP contribution in [0.4, 0.5) is 0 Å². The number of fused-ring (bicyclic) bond motifs is 1. The molecule has 1 fully saturated rings. The van der Waals surface area contributed by atoms with Gasteiger partial charge in [-0.15, -0.1) is 5.92 Å². The van der Waals surface area contributed by atoms with Crippen LogP contribution in [0.5, 0.6) is 5.75 Å². The second-order valence-electron chi connectivity index (χ2n) is 13.0. The minimum absolute atomic E-state index is 0.00251. The molecule has 0 aliphatic carbocycles. The zero-order valence-corrected chi connectivity index (χ0v) is 32.4. The largest absolute Gasteiger partial charge is 0.490 e. The van der Waals surface area contributed by atoms with Crippen molar-refractivity contribution in [1.29, 1.82) is 0 Å². The predicted molar refractivity (Wildman–Crippen MR) is 212 cm³/mol. The molecule has 5 rings (SSSR count). The van der Waals surface area contributed by atoms with E-state index in [0.29, 0.717) is 112 Å². The van der Waals surface area contributed by atoms with Gasteiger partial charge in [-0.25, -0.2) is 0 Å². The molecule has 1 aliphatic rings. The maximum absolute atomic E-state index is 13.9. The summed E-state index contributed by atoms with van der Waals surface area (Å²) < 4.78 is 33.2. The van der Waals surface area contributed by atoms with Crippen LogP contribution in [0.15, 0.2) is 60.8 Å². The maximum Gasteiger partial charge on any atom is 0.251 e. The monoisotopic (exact) mass is 785 g/mol. The summed E-state index contributed by atoms with van der Waals surface area (Å²) in [5, 5.41) is 25.7. The van der Waals surface area contributed by atoms with Crippen molar-refractivity contribution in [2.24, 2.45) is 0 Å². The van der Waals surface area contributed by atoms with Crippen LogP contribution in [-0.2, 0) is 23.7 Å². The van der Waals surface area contributed by atoms with Crippen LogP contribution in [0.3, 0.4) is 0 Å². The highest BCUT2D eigenvalue weighted by Crippen LogP contribution is 2.28. The van der Waals surface area contributed by atoms with Gasteiger partial charge in [0.05, 0.1) is 102 Å². The van der Waals surface area contributed by atoms with Gasteiger partial charge < -0.3 is 49.5 Å². The van der Waals surface area contributed by atoms with Crippen molar-refractivity contribution in [3.05, 3.63) is 94.2 Å². The predicted octanol–water partition coefficient (Wildman–Crippen LogP) is 2.43. The first-order valence-electron chi connectivity index (χ1n) is 19.0. The number of H-pyrrole nitrogens is 1. The van der Waals surface area contributed by atoms with Gasteiger partial charge in [-0.2, -0.15) is 5.10 Å². The minimum Gasteiger partial charge on any atom is -0.490 e. The maximum atomic E-state index is 13.9. The quantitative estimate of drug-likeness (QED) is 0.0397. The molecular formula is C42H51N5O10. The summed E-state index contributed by atoms with van der Waals surface area (Å²) in [6.07, 6.45) is 1.69. The van der Waals surface area contributed by atoms with E-state index in [1.165, 1.54) is 0 Å². The van der Waals surface area contributed by atoms with E-state index < -0.39 is 0 Å². The highest BCUT2D eigenvalue weighted by atomic mass is 16.6. The Hall–Kier alpha value is -5.18. The Balaban J connectivity index is 1.07. The topological polar surface area (TPSA) is 192 Å². The van der Waals surface area contributed by atoms with Gasteiger partial charge in [-0.3, -0.25) is 19.5 Å². The van der Waals surface area contributed by atoms with Crippen molar-refractivity contribution in [3.63, 3.8) is 0 Å². The molecule has 1 saturated heterocycles. The Labute approximate surface area is 332 Å². The standard InChI is InChI=1S/C42H51N5O10/c1-3-4-30-11-12-38(57-24-23-56-22-21-55-20-19-54-18-17-53-16-15-52-14-13-48)39(29(30)2)40(49)31-5-7-32(8-6-31)41(50)45-36-27-43-28-37(36)46-42(51)33-9-10-34-26-44-47-35(34)25-33/h5-12,25-26,36-37,43,48H,13-24,27-28H2,1-2H3,(H,44,47)(H,45,50)(H,46,51)/t36-,37-/m1/s1. The van der Waals surface area contributed by atoms with Crippen molar-refractivity contribution >= 4 is 28.5 Å². The molecule has 15 heteroatoms. The number of benzene rings is 3. The Morgan fingerprint density at radius 3 is 1.88 bits per heavy atom. The van der Waals surface area contributed by atoms with Gasteiger partial charge in [-0.05, 0) is 55.8 Å². The van der Waals surface area contributed by atoms with E-state index in [9.17, 15) is 14.4 Å². The van der Waals surface area contributed by atoms with Crippen LogP contribution in [0.1, 0.15) is 54.7 Å². The molecule has 2 atom stereocenters. The first-order valence-corrected chi connectivity index (χ1v) is 19.0. The van der Waals surface area contributed by atoms with Gasteiger partial charge in [-0.1, -0.05) is 24.1 Å². The van der Waals surface area contributed by atoms with Gasteiger partial charge in [0.2, 0.25) is 0 Å². The summed E-state index contributed by atoms with van der Waals surface area (Å²) in [4.78, 5) is 40.3. The zero-order chi connectivity index (χ0) is 40.2. The number of carbonyl (C=O) groups is 3. The lowest BCUT2D eigenvalue weighted by molar-refractivity contribution is -0.0146. The van der Waals surface area contributed by atoms with Crippen molar-refractivity contribution in [3.8, 4) is 17.6 Å². The molecule has 304 valence electrons. The number of amides is 2. The number of ether oxygens (including phenoxy) is 6. The number of nitrogens with zero attached hydrogens (tertiary/aromatic N) is 1. The molecule has 5 N–H and O–H groups in total. The molecular weight excluding hydrogens is 734 g/mol. The van der Waals surface area contributed by atoms with Crippen molar-refractivity contribution < 1.29 is 47.9 Å². The lowest BCUT2D eigenvalue weighted by Crippen LogP contribution is -2.51. The average Bonchev–Trinajstić information content (AvgIpc) is 3.88. The van der Waals surface area contributed by atoms with Crippen molar-refractivity contribution in [2.75, 3.05) is 92.4 Å². The summed E-state index contributed by atoms with van der Waals surface area (Å²) in [6, 6.07) is 14.7. The molecule has 0 bridgehead atoms. The summed E-state index contributed by atoms with van der Waals surface area (Å²) >= 11 is 0. The molecule has 0 spiro atoms. The molecule has 0 saturated carbocycles. The molecule has 57 heavy (non-hydrogen) atoms. The van der Waals surface area contributed by atoms with Gasteiger partial charge >= 0.3 is 0 Å². The Morgan fingerprint density at radius 2 is 1.28 bits per heavy atom. The van der Waals surface area contributed by atoms with Gasteiger partial charge in [0.25, 0.3) is 11.8 Å². The molecule has 0 radical (unpaired) electrons. The average molecular weight is 786 g/mol. The van der Waals surface area contributed by atoms with Crippen LogP contribution in [-0.4, -0.2) is 137 Å². The zero-order valence-electron chi connectivity index (χ0n) is 32.4. The van der Waals surface area contributed by atoms with E-state index in [0.717, 1.165) is 10.9 Å². The Bertz CT molecular complexity index is 1970. The first-order chi connectivity index (χ1) is 27.9. The number of nitrogens with one attached hydrogen (secondary N) is 4. The van der Waals surface area contributed by atoms with Crippen LogP contribution >= 0.6 is 0 Å². The molecule has 0 unspecified atom stereocenters.